The minimum atomic E-state index is -0.0637. The quantitative estimate of drug-likeness (QED) is 0.851. The molecule has 1 N–H and O–H groups in total. The van der Waals surface area contributed by atoms with Gasteiger partial charge in [0.1, 0.15) is 5.82 Å². The van der Waals surface area contributed by atoms with E-state index in [0.717, 1.165) is 50.1 Å². The molecule has 1 unspecified atom stereocenters. The topological polar surface area (TPSA) is 32.3 Å². The van der Waals surface area contributed by atoms with Gasteiger partial charge in [0.2, 0.25) is 5.91 Å². The maximum atomic E-state index is 14.0. The number of likely N-dealkylation sites (tertiary alicyclic amines) is 1. The van der Waals surface area contributed by atoms with Crippen LogP contribution >= 0.6 is 0 Å². The third-order valence-corrected chi connectivity index (χ3v) is 6.08. The van der Waals surface area contributed by atoms with Gasteiger partial charge in [-0.25, -0.2) is 4.39 Å². The van der Waals surface area contributed by atoms with Crippen molar-refractivity contribution in [1.82, 2.24) is 4.90 Å². The molecular weight excluding hydrogens is 339 g/mol. The molecule has 4 heteroatoms. The van der Waals surface area contributed by atoms with Crippen molar-refractivity contribution >= 4 is 11.6 Å². The van der Waals surface area contributed by atoms with Crippen LogP contribution < -0.4 is 5.32 Å². The van der Waals surface area contributed by atoms with E-state index in [9.17, 15) is 9.18 Å². The van der Waals surface area contributed by atoms with Gasteiger partial charge in [-0.1, -0.05) is 24.3 Å². The number of anilines is 1. The highest BCUT2D eigenvalue weighted by atomic mass is 19.1. The van der Waals surface area contributed by atoms with E-state index in [1.807, 2.05) is 18.2 Å². The Kier molecular flexibility index (Phi) is 5.26. The van der Waals surface area contributed by atoms with Crippen LogP contribution in [0.25, 0.3) is 0 Å². The Morgan fingerprint density at radius 3 is 2.63 bits per heavy atom. The third-order valence-electron chi connectivity index (χ3n) is 6.08. The first-order valence-corrected chi connectivity index (χ1v) is 9.97. The van der Waals surface area contributed by atoms with E-state index in [0.29, 0.717) is 11.8 Å². The van der Waals surface area contributed by atoms with Crippen LogP contribution in [-0.4, -0.2) is 30.4 Å². The minimum absolute atomic E-state index is 0.0280. The number of piperidine rings is 1. The first kappa shape index (κ1) is 18.2. The zero-order valence-electron chi connectivity index (χ0n) is 15.9. The van der Waals surface area contributed by atoms with Crippen molar-refractivity contribution in [1.29, 1.82) is 0 Å². The zero-order chi connectivity index (χ0) is 18.8. The van der Waals surface area contributed by atoms with Gasteiger partial charge in [0.25, 0.3) is 0 Å². The van der Waals surface area contributed by atoms with Crippen LogP contribution in [0.15, 0.2) is 42.5 Å². The molecule has 4 rings (SSSR count). The van der Waals surface area contributed by atoms with Gasteiger partial charge in [-0.05, 0) is 85.5 Å². The molecule has 1 aliphatic heterocycles. The van der Waals surface area contributed by atoms with Crippen LogP contribution in [0, 0.1) is 5.82 Å². The Bertz CT molecular complexity index is 827. The van der Waals surface area contributed by atoms with Gasteiger partial charge >= 0.3 is 0 Å². The summed E-state index contributed by atoms with van der Waals surface area (Å²) < 4.78 is 14.0. The summed E-state index contributed by atoms with van der Waals surface area (Å²) in [5.74, 6) is 0.772. The largest absolute Gasteiger partial charge is 0.326 e. The number of aryl methyl sites for hydroxylation is 1. The number of halogens is 1. The van der Waals surface area contributed by atoms with Gasteiger partial charge in [-0.15, -0.1) is 0 Å². The molecule has 1 heterocycles. The molecule has 1 amide bonds. The highest BCUT2D eigenvalue weighted by molar-refractivity contribution is 5.88. The lowest BCUT2D eigenvalue weighted by molar-refractivity contribution is -0.114. The Morgan fingerprint density at radius 1 is 1.11 bits per heavy atom. The van der Waals surface area contributed by atoms with Crippen molar-refractivity contribution in [2.45, 2.75) is 44.4 Å². The van der Waals surface area contributed by atoms with Gasteiger partial charge in [0, 0.05) is 19.2 Å². The molecule has 142 valence electrons. The Balaban J connectivity index is 1.38. The van der Waals surface area contributed by atoms with Crippen molar-refractivity contribution in [3.8, 4) is 0 Å². The molecule has 3 nitrogen and oxygen atoms in total. The first-order valence-electron chi connectivity index (χ1n) is 9.97. The van der Waals surface area contributed by atoms with E-state index < -0.39 is 0 Å². The summed E-state index contributed by atoms with van der Waals surface area (Å²) in [6, 6.07) is 13.5. The molecule has 0 aromatic heterocycles. The fourth-order valence-corrected chi connectivity index (χ4v) is 4.70. The van der Waals surface area contributed by atoms with Crippen molar-refractivity contribution in [3.05, 3.63) is 65.0 Å². The molecule has 0 saturated carbocycles. The Labute approximate surface area is 160 Å². The number of carbonyl (C=O) groups is 1. The molecule has 2 aromatic rings. The van der Waals surface area contributed by atoms with Crippen LogP contribution in [-0.2, 0) is 11.2 Å². The monoisotopic (exact) mass is 366 g/mol. The van der Waals surface area contributed by atoms with Crippen molar-refractivity contribution in [2.75, 3.05) is 25.0 Å². The van der Waals surface area contributed by atoms with E-state index in [-0.39, 0.29) is 11.7 Å². The van der Waals surface area contributed by atoms with Gasteiger partial charge < -0.3 is 10.2 Å². The number of nitrogens with one attached hydrogen (secondary N) is 1. The molecule has 1 atom stereocenters. The van der Waals surface area contributed by atoms with E-state index >= 15 is 0 Å². The second-order valence-corrected chi connectivity index (χ2v) is 7.93. The van der Waals surface area contributed by atoms with Gasteiger partial charge in [-0.2, -0.15) is 0 Å². The molecule has 27 heavy (non-hydrogen) atoms. The highest BCUT2D eigenvalue weighted by Crippen LogP contribution is 2.37. The number of hydrogen-bond donors (Lipinski definition) is 1. The number of hydrogen-bond acceptors (Lipinski definition) is 2. The lowest BCUT2D eigenvalue weighted by Crippen LogP contribution is -2.35. The number of benzene rings is 2. The maximum absolute atomic E-state index is 14.0. The number of fused-ring (bicyclic) bond motifs is 1. The predicted molar refractivity (Wildman–Crippen MR) is 107 cm³/mol. The normalized spacial score (nSPS) is 20.4. The second kappa shape index (κ2) is 7.81. The molecule has 0 bridgehead atoms. The summed E-state index contributed by atoms with van der Waals surface area (Å²) in [5.41, 5.74) is 4.57. The number of amides is 1. The predicted octanol–water partition coefficient (Wildman–Crippen LogP) is 4.69. The summed E-state index contributed by atoms with van der Waals surface area (Å²) in [5, 5.41) is 2.90. The third kappa shape index (κ3) is 4.06. The van der Waals surface area contributed by atoms with Crippen LogP contribution in [0.1, 0.15) is 54.7 Å². The molecule has 1 aliphatic carbocycles. The minimum Gasteiger partial charge on any atom is -0.326 e. The molecule has 0 spiro atoms. The number of rotatable bonds is 4. The maximum Gasteiger partial charge on any atom is 0.221 e. The van der Waals surface area contributed by atoms with Crippen LogP contribution in [0.3, 0.4) is 0 Å². The summed E-state index contributed by atoms with van der Waals surface area (Å²) in [6.45, 7) is 4.65. The zero-order valence-corrected chi connectivity index (χ0v) is 15.9. The van der Waals surface area contributed by atoms with Gasteiger partial charge in [0.15, 0.2) is 0 Å². The molecule has 1 saturated heterocycles. The fraction of sp³-hybridized carbons (Fsp3) is 0.435. The lowest BCUT2D eigenvalue weighted by atomic mass is 9.88. The van der Waals surface area contributed by atoms with Gasteiger partial charge in [-0.3, -0.25) is 4.79 Å². The second-order valence-electron chi connectivity index (χ2n) is 7.93. The number of nitrogens with zero attached hydrogens (tertiary/aromatic N) is 1. The molecule has 2 aromatic carbocycles. The summed E-state index contributed by atoms with van der Waals surface area (Å²) >= 11 is 0. The summed E-state index contributed by atoms with van der Waals surface area (Å²) in [4.78, 5) is 13.9. The standard InChI is InChI=1S/C23H27FN2O/c1-16(27)25-20-9-8-17-6-7-19(22(17)14-20)15-26-12-10-18(11-13-26)21-4-2-3-5-23(21)24/h2-5,8-9,14,18-19H,6-7,10-13,15H2,1H3,(H,25,27). The van der Waals surface area contributed by atoms with Crippen molar-refractivity contribution in [2.24, 2.45) is 0 Å². The van der Waals surface area contributed by atoms with E-state index in [2.05, 4.69) is 22.3 Å². The number of carbonyl (C=O) groups excluding carboxylic acids is 1. The lowest BCUT2D eigenvalue weighted by Gasteiger charge is -2.34. The molecular formula is C23H27FN2O. The van der Waals surface area contributed by atoms with E-state index in [1.165, 1.54) is 17.5 Å². The first-order chi connectivity index (χ1) is 13.1. The smallest absolute Gasteiger partial charge is 0.221 e. The van der Waals surface area contributed by atoms with Crippen LogP contribution in [0.2, 0.25) is 0 Å². The summed E-state index contributed by atoms with van der Waals surface area (Å²) in [7, 11) is 0. The van der Waals surface area contributed by atoms with E-state index in [4.69, 9.17) is 0 Å². The van der Waals surface area contributed by atoms with Crippen molar-refractivity contribution in [3.63, 3.8) is 0 Å². The average molecular weight is 366 g/mol. The molecule has 1 fully saturated rings. The molecule has 0 radical (unpaired) electrons. The Hall–Kier alpha value is -2.20. The van der Waals surface area contributed by atoms with E-state index in [1.54, 1.807) is 19.1 Å². The summed E-state index contributed by atoms with van der Waals surface area (Å²) in [6.07, 6.45) is 4.33. The average Bonchev–Trinajstić information content (AvgIpc) is 3.05. The van der Waals surface area contributed by atoms with Gasteiger partial charge in [0.05, 0.1) is 0 Å². The Morgan fingerprint density at radius 2 is 1.89 bits per heavy atom. The SMILES string of the molecule is CC(=O)Nc1ccc2c(c1)C(CN1CCC(c3ccccc3F)CC1)CC2. The fourth-order valence-electron chi connectivity index (χ4n) is 4.70. The molecule has 2 aliphatic rings. The highest BCUT2D eigenvalue weighted by Gasteiger charge is 2.28. The van der Waals surface area contributed by atoms with Crippen LogP contribution in [0.5, 0.6) is 0 Å². The van der Waals surface area contributed by atoms with Crippen LogP contribution in [0.4, 0.5) is 10.1 Å². The van der Waals surface area contributed by atoms with Crippen molar-refractivity contribution < 1.29 is 9.18 Å².